The zero-order chi connectivity index (χ0) is 21.9. The summed E-state index contributed by atoms with van der Waals surface area (Å²) in [7, 11) is 0. The van der Waals surface area contributed by atoms with Crippen molar-refractivity contribution in [2.45, 2.75) is 44.7 Å². The quantitative estimate of drug-likeness (QED) is 0.290. The minimum absolute atomic E-state index is 0.0113. The fourth-order valence-electron chi connectivity index (χ4n) is 3.61. The van der Waals surface area contributed by atoms with Gasteiger partial charge in [0.15, 0.2) is 5.82 Å². The van der Waals surface area contributed by atoms with E-state index in [0.717, 1.165) is 0 Å². The number of amides is 2. The molecule has 0 fully saturated rings. The first-order valence-electron chi connectivity index (χ1n) is 9.28. The van der Waals surface area contributed by atoms with Gasteiger partial charge in [0.25, 0.3) is 5.92 Å². The van der Waals surface area contributed by atoms with Gasteiger partial charge >= 0.3 is 36.0 Å². The summed E-state index contributed by atoms with van der Waals surface area (Å²) in [6.07, 6.45) is 2.62. The number of hydrogen-bond acceptors (Lipinski definition) is 4. The van der Waals surface area contributed by atoms with Crippen molar-refractivity contribution in [3.8, 4) is 0 Å². The molecule has 2 amide bonds. The number of pyridine rings is 1. The third-order valence-corrected chi connectivity index (χ3v) is 5.49. The number of urea groups is 1. The third kappa shape index (κ3) is 4.90. The Morgan fingerprint density at radius 3 is 2.83 bits per heavy atom. The number of halogens is 5. The van der Waals surface area contributed by atoms with Crippen LogP contribution in [0.4, 0.5) is 23.7 Å². The van der Waals surface area contributed by atoms with Crippen LogP contribution in [0.25, 0.3) is 0 Å². The molecule has 0 atom stereocenters. The summed E-state index contributed by atoms with van der Waals surface area (Å²) in [5, 5.41) is 6.84. The Hall–Kier alpha value is -1.41. The SMILES string of the molecule is C[IH]O.O=C(Nc1ccnc(Br)c1F)N1CCc2nn3c(c2C1)C(F)(F)CCCC3. The number of hydrogen-bond donors (Lipinski definition) is 2. The molecule has 0 aromatic carbocycles. The zero-order valence-electron chi connectivity index (χ0n) is 16.2. The summed E-state index contributed by atoms with van der Waals surface area (Å²) >= 11 is 2.43. The van der Waals surface area contributed by atoms with Gasteiger partial charge in [-0.1, -0.05) is 0 Å². The molecule has 0 radical (unpaired) electrons. The summed E-state index contributed by atoms with van der Waals surface area (Å²) in [6, 6.07) is 0.794. The molecule has 12 heteroatoms. The van der Waals surface area contributed by atoms with E-state index in [2.05, 4.69) is 31.3 Å². The minimum Gasteiger partial charge on any atom is -0.320 e. The number of nitrogens with one attached hydrogen (secondary N) is 1. The van der Waals surface area contributed by atoms with Gasteiger partial charge in [-0.25, -0.2) is 14.2 Å². The molecule has 0 aliphatic carbocycles. The van der Waals surface area contributed by atoms with Crippen LogP contribution in [0.5, 0.6) is 0 Å². The zero-order valence-corrected chi connectivity index (χ0v) is 20.1. The Labute approximate surface area is 191 Å². The Balaban J connectivity index is 0.000000806. The number of carbonyl (C=O) groups is 1. The van der Waals surface area contributed by atoms with Gasteiger partial charge in [-0.3, -0.25) is 4.68 Å². The first kappa shape index (κ1) is 23.3. The predicted molar refractivity (Wildman–Crippen MR) is 119 cm³/mol. The fraction of sp³-hybridized carbons (Fsp3) is 0.500. The maximum atomic E-state index is 14.6. The summed E-state index contributed by atoms with van der Waals surface area (Å²) in [4.78, 5) is 19.5. The van der Waals surface area contributed by atoms with Gasteiger partial charge < -0.3 is 10.2 Å². The van der Waals surface area contributed by atoms with E-state index in [1.807, 2.05) is 4.93 Å². The topological polar surface area (TPSA) is 83.3 Å². The number of anilines is 1. The van der Waals surface area contributed by atoms with Crippen LogP contribution in [0.1, 0.15) is 36.2 Å². The molecule has 166 valence electrons. The van der Waals surface area contributed by atoms with Crippen LogP contribution < -0.4 is 5.32 Å². The van der Waals surface area contributed by atoms with Gasteiger partial charge in [-0.2, -0.15) is 13.9 Å². The van der Waals surface area contributed by atoms with E-state index in [-0.39, 0.29) is 29.0 Å². The second-order valence-electron chi connectivity index (χ2n) is 6.91. The number of nitrogens with zero attached hydrogens (tertiary/aromatic N) is 4. The Morgan fingerprint density at radius 2 is 2.10 bits per heavy atom. The van der Waals surface area contributed by atoms with Crippen molar-refractivity contribution in [3.05, 3.63) is 39.6 Å². The smallest absolute Gasteiger partial charge is 0.320 e. The summed E-state index contributed by atoms with van der Waals surface area (Å²) in [5.41, 5.74) is 0.935. The van der Waals surface area contributed by atoms with E-state index in [9.17, 15) is 18.0 Å². The van der Waals surface area contributed by atoms with Crippen LogP contribution >= 0.6 is 37.5 Å². The molecule has 2 aliphatic heterocycles. The summed E-state index contributed by atoms with van der Waals surface area (Å²) < 4.78 is 52.3. The molecule has 4 heterocycles. The van der Waals surface area contributed by atoms with E-state index in [4.69, 9.17) is 3.44 Å². The molecule has 0 saturated heterocycles. The molecular formula is C18H22BrF3IN5O2. The van der Waals surface area contributed by atoms with E-state index in [1.54, 1.807) is 0 Å². The van der Waals surface area contributed by atoms with Crippen molar-refractivity contribution >= 4 is 49.3 Å². The van der Waals surface area contributed by atoms with Crippen molar-refractivity contribution in [3.63, 3.8) is 0 Å². The maximum Gasteiger partial charge on any atom is 0.322 e. The number of alkyl halides is 3. The van der Waals surface area contributed by atoms with E-state index in [1.165, 1.54) is 21.8 Å². The number of rotatable bonds is 1. The van der Waals surface area contributed by atoms with Crippen LogP contribution in [-0.2, 0) is 25.4 Å². The normalized spacial score (nSPS) is 17.3. The summed E-state index contributed by atoms with van der Waals surface area (Å²) in [5.74, 6) is -3.65. The second-order valence-corrected chi connectivity index (χ2v) is 8.70. The molecular weight excluding hydrogens is 582 g/mol. The van der Waals surface area contributed by atoms with Crippen LogP contribution in [0.3, 0.4) is 0 Å². The molecule has 2 aromatic heterocycles. The maximum absolute atomic E-state index is 14.6. The minimum atomic E-state index is -2.96. The van der Waals surface area contributed by atoms with Gasteiger partial charge in [0.1, 0.15) is 10.3 Å². The van der Waals surface area contributed by atoms with E-state index >= 15 is 0 Å². The molecule has 2 N–H and O–H groups in total. The molecule has 0 unspecified atom stereocenters. The first-order valence-corrected chi connectivity index (χ1v) is 13.5. The van der Waals surface area contributed by atoms with Crippen LogP contribution in [0.15, 0.2) is 16.9 Å². The number of aryl methyl sites for hydroxylation is 1. The van der Waals surface area contributed by atoms with Crippen LogP contribution in [0.2, 0.25) is 0 Å². The second kappa shape index (κ2) is 9.81. The summed E-state index contributed by atoms with van der Waals surface area (Å²) in [6.45, 7) is 0.815. The Kier molecular flexibility index (Phi) is 7.61. The molecule has 4 rings (SSSR count). The van der Waals surface area contributed by atoms with Gasteiger partial charge in [-0.15, -0.1) is 0 Å². The number of fused-ring (bicyclic) bond motifs is 3. The molecule has 30 heavy (non-hydrogen) atoms. The largest absolute Gasteiger partial charge is 0.322 e. The van der Waals surface area contributed by atoms with E-state index < -0.39 is 39.4 Å². The Bertz CT molecular complexity index is 927. The predicted octanol–water partition coefficient (Wildman–Crippen LogP) is 4.27. The third-order valence-electron chi connectivity index (χ3n) is 4.93. The number of aromatic nitrogens is 3. The van der Waals surface area contributed by atoms with Gasteiger partial charge in [0.05, 0.1) is 17.9 Å². The van der Waals surface area contributed by atoms with Crippen molar-refractivity contribution in [2.75, 3.05) is 16.8 Å². The van der Waals surface area contributed by atoms with Gasteiger partial charge in [-0.05, 0) is 34.8 Å². The van der Waals surface area contributed by atoms with Crippen LogP contribution in [-0.4, -0.2) is 40.6 Å². The monoisotopic (exact) mass is 603 g/mol. The van der Waals surface area contributed by atoms with Crippen molar-refractivity contribution < 1.29 is 21.4 Å². The molecule has 0 saturated carbocycles. The average molecular weight is 604 g/mol. The number of carbonyl (C=O) groups excluding carboxylic acids is 1. The first-order chi connectivity index (χ1) is 14.3. The van der Waals surface area contributed by atoms with Crippen molar-refractivity contribution in [1.29, 1.82) is 0 Å². The van der Waals surface area contributed by atoms with Crippen molar-refractivity contribution in [1.82, 2.24) is 19.7 Å². The van der Waals surface area contributed by atoms with E-state index in [0.29, 0.717) is 43.6 Å². The average Bonchev–Trinajstić information content (AvgIpc) is 3.00. The molecule has 2 aliphatic rings. The van der Waals surface area contributed by atoms with Crippen molar-refractivity contribution in [2.24, 2.45) is 0 Å². The van der Waals surface area contributed by atoms with Gasteiger partial charge in [0.2, 0.25) is 0 Å². The molecule has 0 bridgehead atoms. The van der Waals surface area contributed by atoms with Crippen LogP contribution in [0, 0.1) is 5.82 Å². The molecule has 7 nitrogen and oxygen atoms in total. The Morgan fingerprint density at radius 1 is 1.37 bits per heavy atom. The van der Waals surface area contributed by atoms with Gasteiger partial charge in [0, 0.05) is 37.7 Å². The standard InChI is InChI=1S/C17H17BrF3N5O.CH5IO/c18-15-13(19)12(3-6-22-15)23-16(27)25-8-4-11-10(9-25)14-17(20,21)5-1-2-7-26(14)24-11;1-2-3/h3,6H,1-2,4-5,7-9H2,(H,22,23,27);2-3H,1H3. The fourth-order valence-corrected chi connectivity index (χ4v) is 3.94. The molecule has 2 aromatic rings. The molecule has 0 spiro atoms.